The van der Waals surface area contributed by atoms with Gasteiger partial charge in [-0.2, -0.15) is 0 Å². The first-order valence-electron chi connectivity index (χ1n) is 4.66. The highest BCUT2D eigenvalue weighted by molar-refractivity contribution is 6.44. The number of nitro benzene ring substituents is 2. The van der Waals surface area contributed by atoms with E-state index in [-0.39, 0.29) is 5.56 Å². The molecule has 1 N–H and O–H groups in total. The summed E-state index contributed by atoms with van der Waals surface area (Å²) in [4.78, 5) is 30.9. The lowest BCUT2D eigenvalue weighted by Crippen LogP contribution is -2.18. The standard InChI is InChI=1S/C9H7N3O7/c1-19-9(13)8(10-14)6-3-2-5(11(15)16)4-7(6)12(17)18/h2-4,14H,1H3/b10-8-. The first kappa shape index (κ1) is 14.0. The number of carbonyl (C=O) groups excluding carboxylic acids is 1. The molecule has 0 saturated carbocycles. The summed E-state index contributed by atoms with van der Waals surface area (Å²) in [7, 11) is 0.991. The van der Waals surface area contributed by atoms with E-state index < -0.39 is 32.9 Å². The van der Waals surface area contributed by atoms with Crippen molar-refractivity contribution in [3.8, 4) is 0 Å². The lowest BCUT2D eigenvalue weighted by atomic mass is 10.1. The molecule has 0 bridgehead atoms. The molecule has 0 radical (unpaired) electrons. The van der Waals surface area contributed by atoms with Crippen molar-refractivity contribution in [1.82, 2.24) is 0 Å². The van der Waals surface area contributed by atoms with Crippen LogP contribution in [0.15, 0.2) is 23.4 Å². The van der Waals surface area contributed by atoms with Crippen molar-refractivity contribution in [2.24, 2.45) is 5.16 Å². The maximum atomic E-state index is 11.3. The minimum atomic E-state index is -1.11. The molecule has 1 rings (SSSR count). The molecule has 0 aromatic heterocycles. The van der Waals surface area contributed by atoms with E-state index in [1.165, 1.54) is 0 Å². The van der Waals surface area contributed by atoms with E-state index >= 15 is 0 Å². The fraction of sp³-hybridized carbons (Fsp3) is 0.111. The number of benzene rings is 1. The summed E-state index contributed by atoms with van der Waals surface area (Å²) in [5.41, 5.74) is -2.38. The maximum absolute atomic E-state index is 11.3. The zero-order chi connectivity index (χ0) is 14.6. The molecule has 0 aliphatic rings. The summed E-state index contributed by atoms with van der Waals surface area (Å²) in [6, 6.07) is 2.53. The third kappa shape index (κ3) is 2.80. The molecule has 0 saturated heterocycles. The second kappa shape index (κ2) is 5.53. The molecule has 1 aromatic rings. The molecule has 0 amide bonds. The molecule has 0 spiro atoms. The number of hydrogen-bond donors (Lipinski definition) is 1. The van der Waals surface area contributed by atoms with Gasteiger partial charge in [-0.05, 0) is 6.07 Å². The Morgan fingerprint density at radius 1 is 1.32 bits per heavy atom. The van der Waals surface area contributed by atoms with Gasteiger partial charge in [0, 0.05) is 6.07 Å². The minimum absolute atomic E-state index is 0.384. The second-order valence-corrected chi connectivity index (χ2v) is 3.16. The summed E-state index contributed by atoms with van der Waals surface area (Å²) in [5, 5.41) is 32.7. The number of ether oxygens (including phenoxy) is 1. The Kier molecular flexibility index (Phi) is 4.08. The monoisotopic (exact) mass is 269 g/mol. The predicted octanol–water partition coefficient (Wildman–Crippen LogP) is 0.854. The van der Waals surface area contributed by atoms with Crippen LogP contribution < -0.4 is 0 Å². The number of nitrogens with zero attached hydrogens (tertiary/aromatic N) is 3. The minimum Gasteiger partial charge on any atom is -0.464 e. The molecule has 100 valence electrons. The van der Waals surface area contributed by atoms with Crippen LogP contribution >= 0.6 is 0 Å². The highest BCUT2D eigenvalue weighted by Gasteiger charge is 2.27. The lowest BCUT2D eigenvalue weighted by Gasteiger charge is -2.03. The van der Waals surface area contributed by atoms with E-state index in [2.05, 4.69) is 9.89 Å². The Balaban J connectivity index is 3.47. The molecule has 0 aliphatic carbocycles. The van der Waals surface area contributed by atoms with Crippen molar-refractivity contribution in [3.05, 3.63) is 44.0 Å². The Morgan fingerprint density at radius 2 is 1.95 bits per heavy atom. The summed E-state index contributed by atoms with van der Waals surface area (Å²) in [6.07, 6.45) is 0. The second-order valence-electron chi connectivity index (χ2n) is 3.16. The molecule has 10 heteroatoms. The number of methoxy groups -OCH3 is 1. The van der Waals surface area contributed by atoms with Gasteiger partial charge in [-0.15, -0.1) is 0 Å². The molecule has 0 atom stereocenters. The summed E-state index contributed by atoms with van der Waals surface area (Å²) in [5.74, 6) is -1.11. The van der Waals surface area contributed by atoms with Crippen molar-refractivity contribution in [1.29, 1.82) is 0 Å². The highest BCUT2D eigenvalue weighted by Crippen LogP contribution is 2.25. The van der Waals surface area contributed by atoms with E-state index in [0.29, 0.717) is 6.07 Å². The topological polar surface area (TPSA) is 145 Å². The van der Waals surface area contributed by atoms with E-state index in [9.17, 15) is 25.0 Å². The number of oxime groups is 1. The first-order chi connectivity index (χ1) is 8.92. The fourth-order valence-corrected chi connectivity index (χ4v) is 1.29. The van der Waals surface area contributed by atoms with Crippen molar-refractivity contribution in [2.75, 3.05) is 7.11 Å². The van der Waals surface area contributed by atoms with Gasteiger partial charge in [-0.1, -0.05) is 5.16 Å². The molecular weight excluding hydrogens is 262 g/mol. The average molecular weight is 269 g/mol. The largest absolute Gasteiger partial charge is 0.464 e. The summed E-state index contributed by atoms with van der Waals surface area (Å²) >= 11 is 0. The number of nitro groups is 2. The number of carbonyl (C=O) groups is 1. The van der Waals surface area contributed by atoms with Crippen molar-refractivity contribution >= 4 is 23.1 Å². The van der Waals surface area contributed by atoms with Crippen LogP contribution in [0.5, 0.6) is 0 Å². The average Bonchev–Trinajstić information content (AvgIpc) is 2.39. The molecule has 19 heavy (non-hydrogen) atoms. The van der Waals surface area contributed by atoms with Gasteiger partial charge in [-0.25, -0.2) is 4.79 Å². The highest BCUT2D eigenvalue weighted by atomic mass is 16.6. The smallest absolute Gasteiger partial charge is 0.361 e. The molecule has 1 aromatic carbocycles. The number of rotatable bonds is 4. The van der Waals surface area contributed by atoms with Crippen LogP contribution in [0, 0.1) is 20.2 Å². The normalized spacial score (nSPS) is 10.9. The molecule has 0 unspecified atom stereocenters. The quantitative estimate of drug-likeness (QED) is 0.280. The van der Waals surface area contributed by atoms with Crippen LogP contribution in [-0.2, 0) is 9.53 Å². The van der Waals surface area contributed by atoms with E-state index in [0.717, 1.165) is 19.2 Å². The van der Waals surface area contributed by atoms with Crippen LogP contribution in [0.1, 0.15) is 5.56 Å². The van der Waals surface area contributed by atoms with Crippen molar-refractivity contribution in [3.63, 3.8) is 0 Å². The molecular formula is C9H7N3O7. The zero-order valence-corrected chi connectivity index (χ0v) is 9.47. The van der Waals surface area contributed by atoms with Crippen LogP contribution in [0.2, 0.25) is 0 Å². The first-order valence-corrected chi connectivity index (χ1v) is 4.66. The molecule has 10 nitrogen and oxygen atoms in total. The molecule has 0 heterocycles. The van der Waals surface area contributed by atoms with Gasteiger partial charge < -0.3 is 9.94 Å². The Labute approximate surface area is 105 Å². The Morgan fingerprint density at radius 3 is 2.37 bits per heavy atom. The van der Waals surface area contributed by atoms with Crippen LogP contribution in [0.4, 0.5) is 11.4 Å². The van der Waals surface area contributed by atoms with E-state index in [1.807, 2.05) is 0 Å². The van der Waals surface area contributed by atoms with Gasteiger partial charge in [0.15, 0.2) is 0 Å². The maximum Gasteiger partial charge on any atom is 0.361 e. The molecule has 0 fully saturated rings. The van der Waals surface area contributed by atoms with Crippen molar-refractivity contribution in [2.45, 2.75) is 0 Å². The Bertz CT molecular complexity index is 581. The van der Waals surface area contributed by atoms with Gasteiger partial charge in [0.1, 0.15) is 0 Å². The van der Waals surface area contributed by atoms with Gasteiger partial charge in [0.05, 0.1) is 28.6 Å². The lowest BCUT2D eigenvalue weighted by molar-refractivity contribution is -0.394. The molecule has 0 aliphatic heterocycles. The summed E-state index contributed by atoms with van der Waals surface area (Å²) < 4.78 is 4.28. The predicted molar refractivity (Wildman–Crippen MR) is 60.1 cm³/mol. The summed E-state index contributed by atoms with van der Waals surface area (Å²) in [6.45, 7) is 0. The van der Waals surface area contributed by atoms with Gasteiger partial charge in [-0.3, -0.25) is 20.2 Å². The number of hydrogen-bond acceptors (Lipinski definition) is 8. The van der Waals surface area contributed by atoms with Gasteiger partial charge in [0.25, 0.3) is 11.4 Å². The van der Waals surface area contributed by atoms with Crippen LogP contribution in [0.3, 0.4) is 0 Å². The van der Waals surface area contributed by atoms with Crippen LogP contribution in [0.25, 0.3) is 0 Å². The third-order valence-corrected chi connectivity index (χ3v) is 2.12. The zero-order valence-electron chi connectivity index (χ0n) is 9.47. The van der Waals surface area contributed by atoms with Crippen molar-refractivity contribution < 1.29 is 24.6 Å². The fourth-order valence-electron chi connectivity index (χ4n) is 1.29. The van der Waals surface area contributed by atoms with E-state index in [4.69, 9.17) is 5.21 Å². The number of esters is 1. The van der Waals surface area contributed by atoms with Gasteiger partial charge in [0.2, 0.25) is 5.71 Å². The number of non-ortho nitro benzene ring substituents is 1. The SMILES string of the molecule is COC(=O)/C(=N\O)c1ccc([N+](=O)[O-])cc1[N+](=O)[O-]. The van der Waals surface area contributed by atoms with Crippen LogP contribution in [-0.4, -0.2) is 33.8 Å². The van der Waals surface area contributed by atoms with Gasteiger partial charge >= 0.3 is 5.97 Å². The van der Waals surface area contributed by atoms with E-state index in [1.54, 1.807) is 0 Å². The Hall–Kier alpha value is -3.04. The third-order valence-electron chi connectivity index (χ3n) is 2.12.